The molecule has 0 aromatic heterocycles. The SMILES string of the molecule is O=[N+]([O-])c1cccc(S(=O)(=O)N2CCCCC[C@@H]2c2cccc(F)c2)c1. The fourth-order valence-electron chi connectivity index (χ4n) is 3.31. The van der Waals surface area contributed by atoms with Gasteiger partial charge in [0.2, 0.25) is 10.0 Å². The average Bonchev–Trinajstić information content (AvgIpc) is 2.88. The number of nitro benzene ring substituents is 1. The third-order valence-electron chi connectivity index (χ3n) is 4.57. The van der Waals surface area contributed by atoms with Crippen molar-refractivity contribution in [2.75, 3.05) is 6.54 Å². The molecule has 8 heteroatoms. The Balaban J connectivity index is 2.04. The number of sulfonamides is 1. The van der Waals surface area contributed by atoms with E-state index in [1.54, 1.807) is 12.1 Å². The molecule has 0 unspecified atom stereocenters. The second-order valence-electron chi connectivity index (χ2n) is 6.29. The Morgan fingerprint density at radius 3 is 2.58 bits per heavy atom. The quantitative estimate of drug-likeness (QED) is 0.594. The first-order valence-corrected chi connectivity index (χ1v) is 9.85. The van der Waals surface area contributed by atoms with Gasteiger partial charge < -0.3 is 0 Å². The summed E-state index contributed by atoms with van der Waals surface area (Å²) in [6.07, 6.45) is 2.99. The molecule has 3 rings (SSSR count). The number of hydrogen-bond acceptors (Lipinski definition) is 4. The maximum Gasteiger partial charge on any atom is 0.270 e. The van der Waals surface area contributed by atoms with Crippen LogP contribution in [0.4, 0.5) is 10.1 Å². The number of halogens is 1. The van der Waals surface area contributed by atoms with E-state index in [0.717, 1.165) is 18.9 Å². The number of nitrogens with zero attached hydrogens (tertiary/aromatic N) is 2. The third kappa shape index (κ3) is 3.76. The summed E-state index contributed by atoms with van der Waals surface area (Å²) in [5.41, 5.74) is 0.323. The summed E-state index contributed by atoms with van der Waals surface area (Å²) in [6, 6.07) is 10.5. The van der Waals surface area contributed by atoms with Gasteiger partial charge in [0.25, 0.3) is 5.69 Å². The molecule has 26 heavy (non-hydrogen) atoms. The topological polar surface area (TPSA) is 80.5 Å². The normalized spacial score (nSPS) is 19.0. The van der Waals surface area contributed by atoms with Gasteiger partial charge in [-0.25, -0.2) is 12.8 Å². The molecule has 0 radical (unpaired) electrons. The van der Waals surface area contributed by atoms with Gasteiger partial charge in [-0.1, -0.05) is 31.0 Å². The standard InChI is InChI=1S/C18H19FN2O4S/c19-15-7-4-6-14(12-15)18-10-2-1-3-11-20(18)26(24,25)17-9-5-8-16(13-17)21(22)23/h4-9,12-13,18H,1-3,10-11H2/t18-/m1/s1. The van der Waals surface area contributed by atoms with Crippen LogP contribution in [0.25, 0.3) is 0 Å². The van der Waals surface area contributed by atoms with Gasteiger partial charge in [0, 0.05) is 18.7 Å². The first kappa shape index (κ1) is 18.5. The minimum atomic E-state index is -3.95. The van der Waals surface area contributed by atoms with E-state index in [1.165, 1.54) is 34.6 Å². The van der Waals surface area contributed by atoms with Crippen molar-refractivity contribution in [3.8, 4) is 0 Å². The lowest BCUT2D eigenvalue weighted by Gasteiger charge is -2.29. The van der Waals surface area contributed by atoms with E-state index in [2.05, 4.69) is 0 Å². The molecule has 0 saturated carbocycles. The van der Waals surface area contributed by atoms with E-state index < -0.39 is 26.8 Å². The molecule has 0 spiro atoms. The molecule has 0 amide bonds. The minimum absolute atomic E-state index is 0.116. The van der Waals surface area contributed by atoms with Crippen LogP contribution in [0.15, 0.2) is 53.4 Å². The van der Waals surface area contributed by atoms with Crippen LogP contribution in [0.3, 0.4) is 0 Å². The molecule has 138 valence electrons. The zero-order valence-corrected chi connectivity index (χ0v) is 14.9. The highest BCUT2D eigenvalue weighted by atomic mass is 32.2. The van der Waals surface area contributed by atoms with Crippen molar-refractivity contribution in [3.63, 3.8) is 0 Å². The van der Waals surface area contributed by atoms with Crippen molar-refractivity contribution in [1.29, 1.82) is 0 Å². The monoisotopic (exact) mass is 378 g/mol. The number of non-ortho nitro benzene ring substituents is 1. The summed E-state index contributed by atoms with van der Waals surface area (Å²) in [5, 5.41) is 11.0. The third-order valence-corrected chi connectivity index (χ3v) is 6.48. The summed E-state index contributed by atoms with van der Waals surface area (Å²) in [6.45, 7) is 0.298. The molecule has 1 aliphatic heterocycles. The number of nitro groups is 1. The summed E-state index contributed by atoms with van der Waals surface area (Å²) >= 11 is 0. The van der Waals surface area contributed by atoms with Gasteiger partial charge in [-0.3, -0.25) is 10.1 Å². The Bertz CT molecular complexity index is 917. The minimum Gasteiger partial charge on any atom is -0.258 e. The van der Waals surface area contributed by atoms with Crippen LogP contribution in [-0.2, 0) is 10.0 Å². The Labute approximate surface area is 151 Å². The smallest absolute Gasteiger partial charge is 0.258 e. The predicted octanol–water partition coefficient (Wildman–Crippen LogP) is 4.04. The van der Waals surface area contributed by atoms with Crippen molar-refractivity contribution in [2.24, 2.45) is 0 Å². The van der Waals surface area contributed by atoms with E-state index in [0.29, 0.717) is 24.9 Å². The fraction of sp³-hybridized carbons (Fsp3) is 0.333. The van der Waals surface area contributed by atoms with Gasteiger partial charge in [-0.05, 0) is 36.6 Å². The van der Waals surface area contributed by atoms with Crippen molar-refractivity contribution < 1.29 is 17.7 Å². The molecule has 0 N–H and O–H groups in total. The van der Waals surface area contributed by atoms with Crippen LogP contribution >= 0.6 is 0 Å². The van der Waals surface area contributed by atoms with Gasteiger partial charge in [-0.2, -0.15) is 4.31 Å². The second-order valence-corrected chi connectivity index (χ2v) is 8.18. The van der Waals surface area contributed by atoms with E-state index >= 15 is 0 Å². The average molecular weight is 378 g/mol. The van der Waals surface area contributed by atoms with E-state index in [1.807, 2.05) is 0 Å². The first-order valence-electron chi connectivity index (χ1n) is 8.41. The van der Waals surface area contributed by atoms with Gasteiger partial charge in [-0.15, -0.1) is 0 Å². The van der Waals surface area contributed by atoms with Crippen molar-refractivity contribution in [1.82, 2.24) is 4.31 Å². The van der Waals surface area contributed by atoms with Crippen molar-refractivity contribution >= 4 is 15.7 Å². The first-order chi connectivity index (χ1) is 12.4. The van der Waals surface area contributed by atoms with Gasteiger partial charge in [0.05, 0.1) is 15.9 Å². The molecular weight excluding hydrogens is 359 g/mol. The van der Waals surface area contributed by atoms with Crippen LogP contribution in [0.2, 0.25) is 0 Å². The fourth-order valence-corrected chi connectivity index (χ4v) is 5.03. The van der Waals surface area contributed by atoms with Gasteiger partial charge in [0.15, 0.2) is 0 Å². The summed E-state index contributed by atoms with van der Waals surface area (Å²) in [7, 11) is -3.95. The lowest BCUT2D eigenvalue weighted by Crippen LogP contribution is -2.35. The highest BCUT2D eigenvalue weighted by Crippen LogP contribution is 2.35. The number of rotatable bonds is 4. The summed E-state index contributed by atoms with van der Waals surface area (Å²) < 4.78 is 41.4. The molecule has 1 saturated heterocycles. The van der Waals surface area contributed by atoms with Gasteiger partial charge >= 0.3 is 0 Å². The summed E-state index contributed by atoms with van der Waals surface area (Å²) in [4.78, 5) is 10.3. The maximum absolute atomic E-state index is 13.7. The van der Waals surface area contributed by atoms with Crippen molar-refractivity contribution in [3.05, 3.63) is 70.0 Å². The number of hydrogen-bond donors (Lipinski definition) is 0. The Morgan fingerprint density at radius 1 is 1.08 bits per heavy atom. The summed E-state index contributed by atoms with van der Waals surface area (Å²) in [5.74, 6) is -0.417. The maximum atomic E-state index is 13.7. The molecular formula is C18H19FN2O4S. The molecule has 0 bridgehead atoms. The lowest BCUT2D eigenvalue weighted by molar-refractivity contribution is -0.385. The van der Waals surface area contributed by atoms with Gasteiger partial charge in [0.1, 0.15) is 5.82 Å². The van der Waals surface area contributed by atoms with Crippen LogP contribution in [-0.4, -0.2) is 24.2 Å². The molecule has 1 aliphatic rings. The molecule has 6 nitrogen and oxygen atoms in total. The zero-order valence-electron chi connectivity index (χ0n) is 14.0. The van der Waals surface area contributed by atoms with E-state index in [-0.39, 0.29) is 10.6 Å². The molecule has 1 fully saturated rings. The lowest BCUT2D eigenvalue weighted by atomic mass is 10.0. The zero-order chi connectivity index (χ0) is 18.7. The molecule has 2 aromatic carbocycles. The van der Waals surface area contributed by atoms with Crippen LogP contribution in [0.1, 0.15) is 37.3 Å². The molecule has 0 aliphatic carbocycles. The Hall–Kier alpha value is -2.32. The highest BCUT2D eigenvalue weighted by Gasteiger charge is 2.34. The Morgan fingerprint density at radius 2 is 1.85 bits per heavy atom. The van der Waals surface area contributed by atoms with E-state index in [4.69, 9.17) is 0 Å². The number of benzene rings is 2. The molecule has 1 atom stereocenters. The Kier molecular flexibility index (Phi) is 5.33. The largest absolute Gasteiger partial charge is 0.270 e. The van der Waals surface area contributed by atoms with Crippen LogP contribution < -0.4 is 0 Å². The second kappa shape index (κ2) is 7.51. The van der Waals surface area contributed by atoms with E-state index in [9.17, 15) is 22.9 Å². The highest BCUT2D eigenvalue weighted by molar-refractivity contribution is 7.89. The van der Waals surface area contributed by atoms with Crippen molar-refractivity contribution in [2.45, 2.75) is 36.6 Å². The molecule has 1 heterocycles. The van der Waals surface area contributed by atoms with Crippen LogP contribution in [0.5, 0.6) is 0 Å². The van der Waals surface area contributed by atoms with Crippen LogP contribution in [0, 0.1) is 15.9 Å². The molecule has 2 aromatic rings. The predicted molar refractivity (Wildman–Crippen MR) is 94.6 cm³/mol.